The Kier molecular flexibility index (Phi) is 4.75. The molecule has 5 heteroatoms. The van der Waals surface area contributed by atoms with Crippen molar-refractivity contribution in [1.82, 2.24) is 0 Å². The van der Waals surface area contributed by atoms with Gasteiger partial charge in [0.2, 0.25) is 10.0 Å². The number of benzene rings is 1. The largest absolute Gasteiger partial charge is 0.238 e. The molecule has 1 aromatic carbocycles. The van der Waals surface area contributed by atoms with E-state index in [1.54, 1.807) is 6.07 Å². The molecule has 0 radical (unpaired) electrons. The van der Waals surface area contributed by atoms with E-state index < -0.39 is 18.1 Å². The van der Waals surface area contributed by atoms with E-state index in [-0.39, 0.29) is 0 Å². The van der Waals surface area contributed by atoms with E-state index in [2.05, 4.69) is 32.6 Å². The summed E-state index contributed by atoms with van der Waals surface area (Å²) in [4.78, 5) is 0.316. The molecule has 2 N–H and O–H groups in total. The number of sulfonamides is 1. The van der Waals surface area contributed by atoms with E-state index in [1.807, 2.05) is 6.07 Å². The van der Waals surface area contributed by atoms with Gasteiger partial charge in [0.25, 0.3) is 0 Å². The topological polar surface area (TPSA) is 60.2 Å². The van der Waals surface area contributed by atoms with Crippen LogP contribution in [0.25, 0.3) is 0 Å². The summed E-state index contributed by atoms with van der Waals surface area (Å²) in [5.74, 6) is 0. The molecule has 0 spiro atoms. The summed E-state index contributed by atoms with van der Waals surface area (Å²) in [5.41, 5.74) is 0.945. The molecule has 0 saturated heterocycles. The maximum absolute atomic E-state index is 11.7. The van der Waals surface area contributed by atoms with Crippen molar-refractivity contribution in [3.05, 3.63) is 23.8 Å². The number of nitrogens with two attached hydrogens (primary N) is 1. The molecule has 0 atom stereocenters. The highest BCUT2D eigenvalue weighted by molar-refractivity contribution is 7.89. The van der Waals surface area contributed by atoms with Crippen LogP contribution in [0.15, 0.2) is 23.1 Å². The maximum atomic E-state index is 11.7. The van der Waals surface area contributed by atoms with Gasteiger partial charge in [-0.1, -0.05) is 50.3 Å². The van der Waals surface area contributed by atoms with Crippen LogP contribution in [0.5, 0.6) is 0 Å². The summed E-state index contributed by atoms with van der Waals surface area (Å²) in [6, 6.07) is 5.50. The van der Waals surface area contributed by atoms with Crippen LogP contribution in [0.4, 0.5) is 0 Å². The third kappa shape index (κ3) is 3.67. The Labute approximate surface area is 111 Å². The van der Waals surface area contributed by atoms with E-state index in [0.717, 1.165) is 24.8 Å². The van der Waals surface area contributed by atoms with Crippen LogP contribution in [0, 0.1) is 0 Å². The Morgan fingerprint density at radius 2 is 1.83 bits per heavy atom. The lowest BCUT2D eigenvalue weighted by Crippen LogP contribution is -2.41. The van der Waals surface area contributed by atoms with Crippen LogP contribution in [-0.4, -0.2) is 16.5 Å². The van der Waals surface area contributed by atoms with Gasteiger partial charge in [0.1, 0.15) is 0 Å². The minimum atomic E-state index is -3.62. The van der Waals surface area contributed by atoms with E-state index in [4.69, 9.17) is 5.14 Å². The van der Waals surface area contributed by atoms with E-state index in [9.17, 15) is 8.42 Å². The molecule has 18 heavy (non-hydrogen) atoms. The van der Waals surface area contributed by atoms with E-state index in [0.29, 0.717) is 4.90 Å². The molecule has 0 aliphatic heterocycles. The minimum absolute atomic E-state index is 0.316. The molecule has 0 aromatic heterocycles. The molecular weight excluding hydrogens is 262 g/mol. The number of rotatable bonds is 5. The first kappa shape index (κ1) is 15.4. The molecule has 102 valence electrons. The Morgan fingerprint density at radius 1 is 1.22 bits per heavy atom. The predicted molar refractivity (Wildman–Crippen MR) is 79.4 cm³/mol. The number of hydrogen-bond acceptors (Lipinski definition) is 2. The van der Waals surface area contributed by atoms with Gasteiger partial charge in [-0.3, -0.25) is 0 Å². The average Bonchev–Trinajstić information content (AvgIpc) is 2.23. The van der Waals surface area contributed by atoms with Crippen LogP contribution in [0.3, 0.4) is 0 Å². The molecule has 0 aliphatic carbocycles. The molecular formula is C13H23NO2SSi. The molecule has 0 amide bonds. The summed E-state index contributed by atoms with van der Waals surface area (Å²) in [7, 11) is -5.18. The maximum Gasteiger partial charge on any atom is 0.238 e. The second-order valence-electron chi connectivity index (χ2n) is 5.68. The lowest BCUT2D eigenvalue weighted by atomic mass is 10.1. The Morgan fingerprint density at radius 3 is 2.28 bits per heavy atom. The zero-order chi connectivity index (χ0) is 14.0. The van der Waals surface area contributed by atoms with Gasteiger partial charge in [-0.05, 0) is 24.5 Å². The van der Waals surface area contributed by atoms with Crippen LogP contribution in [0.2, 0.25) is 19.6 Å². The average molecular weight is 285 g/mol. The minimum Gasteiger partial charge on any atom is -0.225 e. The lowest BCUT2D eigenvalue weighted by molar-refractivity contribution is 0.596. The van der Waals surface area contributed by atoms with Crippen molar-refractivity contribution in [2.45, 2.75) is 50.7 Å². The van der Waals surface area contributed by atoms with Crippen LogP contribution < -0.4 is 10.3 Å². The fraction of sp³-hybridized carbons (Fsp3) is 0.538. The molecule has 0 heterocycles. The molecule has 0 aliphatic rings. The fourth-order valence-electron chi connectivity index (χ4n) is 2.15. The summed E-state index contributed by atoms with van der Waals surface area (Å²) in [5, 5.41) is 6.54. The first-order chi connectivity index (χ1) is 8.18. The Hall–Kier alpha value is -0.653. The Bertz CT molecular complexity index is 518. The van der Waals surface area contributed by atoms with Crippen molar-refractivity contribution in [2.24, 2.45) is 5.14 Å². The lowest BCUT2D eigenvalue weighted by Gasteiger charge is -2.22. The number of primary sulfonamides is 1. The third-order valence-electron chi connectivity index (χ3n) is 3.03. The van der Waals surface area contributed by atoms with Gasteiger partial charge in [-0.25, -0.2) is 13.6 Å². The van der Waals surface area contributed by atoms with Gasteiger partial charge in [-0.15, -0.1) is 0 Å². The predicted octanol–water partition coefficient (Wildman–Crippen LogP) is 2.22. The molecule has 3 nitrogen and oxygen atoms in total. The first-order valence-electron chi connectivity index (χ1n) is 6.33. The van der Waals surface area contributed by atoms with Crippen molar-refractivity contribution < 1.29 is 8.42 Å². The number of hydrogen-bond donors (Lipinski definition) is 1. The molecule has 0 unspecified atom stereocenters. The zero-order valence-electron chi connectivity index (χ0n) is 11.7. The second-order valence-corrected chi connectivity index (χ2v) is 12.2. The Balaban J connectivity index is 3.45. The highest BCUT2D eigenvalue weighted by atomic mass is 32.2. The summed E-state index contributed by atoms with van der Waals surface area (Å²) < 4.78 is 23.4. The molecule has 0 fully saturated rings. The molecule has 0 bridgehead atoms. The quantitative estimate of drug-likeness (QED) is 0.843. The number of unbranched alkanes of at least 4 members (excludes halogenated alkanes) is 1. The van der Waals surface area contributed by atoms with Gasteiger partial charge in [0.05, 0.1) is 13.0 Å². The fourth-order valence-corrected chi connectivity index (χ4v) is 4.82. The van der Waals surface area contributed by atoms with Crippen LogP contribution >= 0.6 is 0 Å². The van der Waals surface area contributed by atoms with Gasteiger partial charge in [0.15, 0.2) is 0 Å². The summed E-state index contributed by atoms with van der Waals surface area (Å²) >= 11 is 0. The normalized spacial score (nSPS) is 12.7. The smallest absolute Gasteiger partial charge is 0.225 e. The standard InChI is InChI=1S/C13H23NO2SSi/c1-5-6-8-11-12(17(14,15)16)9-7-10-13(11)18(2,3)4/h7,9-10H,5-6,8H2,1-4H3,(H2,14,15,16). The zero-order valence-corrected chi connectivity index (χ0v) is 13.5. The van der Waals surface area contributed by atoms with Crippen molar-refractivity contribution >= 4 is 23.3 Å². The van der Waals surface area contributed by atoms with Gasteiger partial charge in [0, 0.05) is 0 Å². The van der Waals surface area contributed by atoms with Crippen molar-refractivity contribution in [1.29, 1.82) is 0 Å². The molecule has 0 saturated carbocycles. The van der Waals surface area contributed by atoms with Crippen molar-refractivity contribution in [3.63, 3.8) is 0 Å². The highest BCUT2D eigenvalue weighted by Crippen LogP contribution is 2.18. The van der Waals surface area contributed by atoms with E-state index in [1.165, 1.54) is 5.19 Å². The van der Waals surface area contributed by atoms with Crippen molar-refractivity contribution in [2.75, 3.05) is 0 Å². The summed E-state index contributed by atoms with van der Waals surface area (Å²) in [6.45, 7) is 8.79. The molecule has 1 rings (SSSR count). The molecule has 1 aromatic rings. The highest BCUT2D eigenvalue weighted by Gasteiger charge is 2.24. The first-order valence-corrected chi connectivity index (χ1v) is 11.4. The second kappa shape index (κ2) is 5.55. The van der Waals surface area contributed by atoms with Gasteiger partial charge < -0.3 is 0 Å². The van der Waals surface area contributed by atoms with E-state index >= 15 is 0 Å². The van der Waals surface area contributed by atoms with Gasteiger partial charge >= 0.3 is 0 Å². The SMILES string of the molecule is CCCCc1c([Si](C)(C)C)cccc1S(N)(=O)=O. The monoisotopic (exact) mass is 285 g/mol. The summed E-state index contributed by atoms with van der Waals surface area (Å²) in [6.07, 6.45) is 2.83. The van der Waals surface area contributed by atoms with Crippen LogP contribution in [0.1, 0.15) is 25.3 Å². The van der Waals surface area contributed by atoms with Crippen LogP contribution in [-0.2, 0) is 16.4 Å². The van der Waals surface area contributed by atoms with Crippen molar-refractivity contribution in [3.8, 4) is 0 Å². The van der Waals surface area contributed by atoms with Gasteiger partial charge in [-0.2, -0.15) is 0 Å². The third-order valence-corrected chi connectivity index (χ3v) is 6.11.